The molecule has 0 saturated carbocycles. The Labute approximate surface area is 123 Å². The molecule has 1 unspecified atom stereocenters. The summed E-state index contributed by atoms with van der Waals surface area (Å²) in [6, 6.07) is 11.6. The molecule has 0 amide bonds. The molecule has 1 aromatic carbocycles. The van der Waals surface area contributed by atoms with Crippen molar-refractivity contribution in [2.45, 2.75) is 13.3 Å². The van der Waals surface area contributed by atoms with Crippen LogP contribution in [0.25, 0.3) is 11.4 Å². The predicted octanol–water partition coefficient (Wildman–Crippen LogP) is 2.44. The first-order chi connectivity index (χ1) is 10.1. The molecule has 2 aromatic rings. The van der Waals surface area contributed by atoms with Gasteiger partial charge in [-0.25, -0.2) is 9.97 Å². The van der Waals surface area contributed by atoms with Gasteiger partial charge in [0.05, 0.1) is 5.41 Å². The average Bonchev–Trinajstić information content (AvgIpc) is 2.92. The lowest BCUT2D eigenvalue weighted by Gasteiger charge is -2.21. The highest BCUT2D eigenvalue weighted by Gasteiger charge is 2.40. The average molecular weight is 283 g/mol. The first-order valence-electron chi connectivity index (χ1n) is 6.95. The van der Waals surface area contributed by atoms with Crippen molar-refractivity contribution in [3.8, 4) is 11.4 Å². The van der Waals surface area contributed by atoms with Gasteiger partial charge in [0.2, 0.25) is 0 Å². The summed E-state index contributed by atoms with van der Waals surface area (Å²) in [5.41, 5.74) is 0.261. The summed E-state index contributed by atoms with van der Waals surface area (Å²) in [4.78, 5) is 22.2. The molecule has 1 fully saturated rings. The van der Waals surface area contributed by atoms with Gasteiger partial charge in [-0.2, -0.15) is 0 Å². The fourth-order valence-electron chi connectivity index (χ4n) is 2.58. The van der Waals surface area contributed by atoms with Crippen LogP contribution in [0, 0.1) is 5.41 Å². The number of hydrogen-bond acceptors (Lipinski definition) is 4. The second-order valence-corrected chi connectivity index (χ2v) is 5.64. The van der Waals surface area contributed by atoms with E-state index in [1.54, 1.807) is 13.1 Å². The van der Waals surface area contributed by atoms with Crippen molar-refractivity contribution in [1.29, 1.82) is 0 Å². The van der Waals surface area contributed by atoms with E-state index in [0.717, 1.165) is 11.4 Å². The number of carboxylic acid groups (broad SMARTS) is 1. The topological polar surface area (TPSA) is 66.3 Å². The number of hydrogen-bond donors (Lipinski definition) is 1. The van der Waals surface area contributed by atoms with E-state index in [4.69, 9.17) is 0 Å². The number of nitrogens with zero attached hydrogens (tertiary/aromatic N) is 3. The highest BCUT2D eigenvalue weighted by molar-refractivity contribution is 5.76. The molecule has 5 nitrogen and oxygen atoms in total. The Hall–Kier alpha value is -2.43. The van der Waals surface area contributed by atoms with Gasteiger partial charge in [0.25, 0.3) is 0 Å². The van der Waals surface area contributed by atoms with Crippen molar-refractivity contribution in [1.82, 2.24) is 9.97 Å². The molecule has 2 heterocycles. The number of anilines is 1. The first-order valence-corrected chi connectivity index (χ1v) is 6.95. The third-order valence-corrected chi connectivity index (χ3v) is 3.99. The third kappa shape index (κ3) is 2.59. The zero-order valence-corrected chi connectivity index (χ0v) is 11.9. The molecule has 0 radical (unpaired) electrons. The van der Waals surface area contributed by atoms with Crippen molar-refractivity contribution < 1.29 is 9.90 Å². The van der Waals surface area contributed by atoms with Crippen LogP contribution < -0.4 is 4.90 Å². The van der Waals surface area contributed by atoms with Gasteiger partial charge in [0.15, 0.2) is 5.82 Å². The van der Waals surface area contributed by atoms with Gasteiger partial charge in [0, 0.05) is 24.8 Å². The minimum atomic E-state index is -0.748. The maximum absolute atomic E-state index is 11.3. The second-order valence-electron chi connectivity index (χ2n) is 5.64. The van der Waals surface area contributed by atoms with Gasteiger partial charge in [-0.05, 0) is 19.4 Å². The predicted molar refractivity (Wildman–Crippen MR) is 80.0 cm³/mol. The van der Waals surface area contributed by atoms with Crippen LogP contribution in [0.4, 0.5) is 5.82 Å². The van der Waals surface area contributed by atoms with Gasteiger partial charge in [0.1, 0.15) is 5.82 Å². The van der Waals surface area contributed by atoms with Gasteiger partial charge >= 0.3 is 5.97 Å². The summed E-state index contributed by atoms with van der Waals surface area (Å²) in [5, 5.41) is 9.31. The van der Waals surface area contributed by atoms with Gasteiger partial charge in [-0.15, -0.1) is 0 Å². The fourth-order valence-corrected chi connectivity index (χ4v) is 2.58. The van der Waals surface area contributed by atoms with Gasteiger partial charge in [-0.1, -0.05) is 30.3 Å². The van der Waals surface area contributed by atoms with E-state index < -0.39 is 11.4 Å². The van der Waals surface area contributed by atoms with Crippen LogP contribution >= 0.6 is 0 Å². The Morgan fingerprint density at radius 2 is 2.05 bits per heavy atom. The third-order valence-electron chi connectivity index (χ3n) is 3.99. The molecule has 21 heavy (non-hydrogen) atoms. The van der Waals surface area contributed by atoms with E-state index >= 15 is 0 Å². The molecule has 1 N–H and O–H groups in total. The quantitative estimate of drug-likeness (QED) is 0.937. The monoisotopic (exact) mass is 283 g/mol. The molecule has 1 aliphatic heterocycles. The van der Waals surface area contributed by atoms with Crippen LogP contribution in [-0.4, -0.2) is 34.1 Å². The summed E-state index contributed by atoms with van der Waals surface area (Å²) >= 11 is 0. The largest absolute Gasteiger partial charge is 0.481 e. The van der Waals surface area contributed by atoms with Crippen molar-refractivity contribution in [2.75, 3.05) is 18.0 Å². The lowest BCUT2D eigenvalue weighted by Crippen LogP contribution is -2.32. The van der Waals surface area contributed by atoms with Crippen LogP contribution in [0.15, 0.2) is 42.6 Å². The van der Waals surface area contributed by atoms with E-state index in [1.807, 2.05) is 41.3 Å². The number of aromatic nitrogens is 2. The van der Waals surface area contributed by atoms with E-state index in [2.05, 4.69) is 9.97 Å². The summed E-state index contributed by atoms with van der Waals surface area (Å²) in [5.74, 6) is 0.702. The molecule has 0 aliphatic carbocycles. The van der Waals surface area contributed by atoms with E-state index in [9.17, 15) is 9.90 Å². The number of carbonyl (C=O) groups is 1. The molecule has 108 valence electrons. The van der Waals surface area contributed by atoms with E-state index in [-0.39, 0.29) is 0 Å². The standard InChI is InChI=1S/C16H17N3O2/c1-16(15(20)21)8-10-19(11-16)13-7-9-17-14(18-13)12-5-3-2-4-6-12/h2-7,9H,8,10-11H2,1H3,(H,20,21). The lowest BCUT2D eigenvalue weighted by atomic mass is 9.90. The molecule has 3 rings (SSSR count). The Balaban J connectivity index is 1.87. The highest BCUT2D eigenvalue weighted by Crippen LogP contribution is 2.33. The summed E-state index contributed by atoms with van der Waals surface area (Å²) in [6.07, 6.45) is 2.36. The molecular weight excluding hydrogens is 266 g/mol. The van der Waals surface area contributed by atoms with Gasteiger partial charge < -0.3 is 10.0 Å². The van der Waals surface area contributed by atoms with Crippen molar-refractivity contribution >= 4 is 11.8 Å². The minimum absolute atomic E-state index is 0.480. The molecular formula is C16H17N3O2. The van der Waals surface area contributed by atoms with E-state index in [0.29, 0.717) is 25.3 Å². The zero-order valence-electron chi connectivity index (χ0n) is 11.9. The maximum atomic E-state index is 11.3. The molecule has 0 spiro atoms. The molecule has 5 heteroatoms. The minimum Gasteiger partial charge on any atom is -0.481 e. The second kappa shape index (κ2) is 5.16. The Morgan fingerprint density at radius 3 is 2.71 bits per heavy atom. The number of aliphatic carboxylic acids is 1. The van der Waals surface area contributed by atoms with Crippen molar-refractivity contribution in [2.24, 2.45) is 5.41 Å². The zero-order chi connectivity index (χ0) is 14.9. The first kappa shape index (κ1) is 13.5. The van der Waals surface area contributed by atoms with Crippen LogP contribution in [0.5, 0.6) is 0 Å². The SMILES string of the molecule is CC1(C(=O)O)CCN(c2ccnc(-c3ccccc3)n2)C1. The maximum Gasteiger partial charge on any atom is 0.311 e. The van der Waals surface area contributed by atoms with Crippen LogP contribution in [0.1, 0.15) is 13.3 Å². The molecule has 1 atom stereocenters. The Kier molecular flexibility index (Phi) is 3.33. The van der Waals surface area contributed by atoms with Crippen LogP contribution in [0.2, 0.25) is 0 Å². The number of benzene rings is 1. The van der Waals surface area contributed by atoms with Gasteiger partial charge in [-0.3, -0.25) is 4.79 Å². The summed E-state index contributed by atoms with van der Waals surface area (Å²) in [6.45, 7) is 2.97. The van der Waals surface area contributed by atoms with Crippen LogP contribution in [0.3, 0.4) is 0 Å². The lowest BCUT2D eigenvalue weighted by molar-refractivity contribution is -0.146. The normalized spacial score (nSPS) is 21.5. The van der Waals surface area contributed by atoms with Crippen LogP contribution in [-0.2, 0) is 4.79 Å². The number of rotatable bonds is 3. The fraction of sp³-hybridized carbons (Fsp3) is 0.312. The van der Waals surface area contributed by atoms with Crippen molar-refractivity contribution in [3.05, 3.63) is 42.6 Å². The summed E-state index contributed by atoms with van der Waals surface area (Å²) < 4.78 is 0. The highest BCUT2D eigenvalue weighted by atomic mass is 16.4. The summed E-state index contributed by atoms with van der Waals surface area (Å²) in [7, 11) is 0. The van der Waals surface area contributed by atoms with E-state index in [1.165, 1.54) is 0 Å². The molecule has 1 aromatic heterocycles. The van der Waals surface area contributed by atoms with Crippen molar-refractivity contribution in [3.63, 3.8) is 0 Å². The smallest absolute Gasteiger partial charge is 0.311 e. The Morgan fingerprint density at radius 1 is 1.29 bits per heavy atom. The number of carboxylic acids is 1. The molecule has 1 aliphatic rings. The molecule has 1 saturated heterocycles. The Bertz CT molecular complexity index is 660. The molecule has 0 bridgehead atoms.